The van der Waals surface area contributed by atoms with Crippen molar-refractivity contribution in [2.45, 2.75) is 6.92 Å². The van der Waals surface area contributed by atoms with Crippen LogP contribution in [0.2, 0.25) is 0 Å². The van der Waals surface area contributed by atoms with Crippen molar-refractivity contribution in [1.29, 1.82) is 0 Å². The second-order valence-electron chi connectivity index (χ2n) is 6.42. The standard InChI is InChI=1S/C22H19F2NO/c1-14-7-9-15(10-8-14)22(26)20-19(23)12-11-18(21(20)24)16-5-4-6-17(13-16)25(2)3/h4-13H,1-3H3. The summed E-state index contributed by atoms with van der Waals surface area (Å²) < 4.78 is 29.4. The molecule has 0 aromatic heterocycles. The van der Waals surface area contributed by atoms with Gasteiger partial charge in [-0.15, -0.1) is 0 Å². The maximum Gasteiger partial charge on any atom is 0.198 e. The summed E-state index contributed by atoms with van der Waals surface area (Å²) in [6.45, 7) is 1.88. The van der Waals surface area contributed by atoms with E-state index in [0.29, 0.717) is 5.56 Å². The van der Waals surface area contributed by atoms with Gasteiger partial charge in [-0.2, -0.15) is 0 Å². The molecule has 0 aliphatic heterocycles. The zero-order valence-corrected chi connectivity index (χ0v) is 14.9. The fourth-order valence-corrected chi connectivity index (χ4v) is 2.78. The summed E-state index contributed by atoms with van der Waals surface area (Å²) in [4.78, 5) is 14.6. The normalized spacial score (nSPS) is 10.7. The van der Waals surface area contributed by atoms with E-state index in [2.05, 4.69) is 0 Å². The van der Waals surface area contributed by atoms with E-state index < -0.39 is 23.0 Å². The van der Waals surface area contributed by atoms with Gasteiger partial charge >= 0.3 is 0 Å². The summed E-state index contributed by atoms with van der Waals surface area (Å²) in [6, 6.07) is 16.4. The minimum atomic E-state index is -0.861. The van der Waals surface area contributed by atoms with Gasteiger partial charge in [-0.3, -0.25) is 4.79 Å². The third-order valence-electron chi connectivity index (χ3n) is 4.31. The summed E-state index contributed by atoms with van der Waals surface area (Å²) in [5.74, 6) is -2.36. The van der Waals surface area contributed by atoms with Crippen molar-refractivity contribution < 1.29 is 13.6 Å². The number of benzene rings is 3. The van der Waals surface area contributed by atoms with Gasteiger partial charge in [0.2, 0.25) is 0 Å². The van der Waals surface area contributed by atoms with E-state index in [9.17, 15) is 9.18 Å². The van der Waals surface area contributed by atoms with Crippen LogP contribution >= 0.6 is 0 Å². The number of hydrogen-bond acceptors (Lipinski definition) is 2. The zero-order valence-electron chi connectivity index (χ0n) is 14.9. The number of aryl methyl sites for hydroxylation is 1. The lowest BCUT2D eigenvalue weighted by molar-refractivity contribution is 0.103. The first-order chi connectivity index (χ1) is 12.4. The minimum absolute atomic E-state index is 0.200. The van der Waals surface area contributed by atoms with Crippen molar-refractivity contribution in [2.75, 3.05) is 19.0 Å². The lowest BCUT2D eigenvalue weighted by Gasteiger charge is -2.15. The van der Waals surface area contributed by atoms with Crippen LogP contribution in [0.4, 0.5) is 14.5 Å². The van der Waals surface area contributed by atoms with Crippen molar-refractivity contribution >= 4 is 11.5 Å². The molecule has 3 rings (SSSR count). The van der Waals surface area contributed by atoms with Gasteiger partial charge in [0.25, 0.3) is 0 Å². The Balaban J connectivity index is 2.11. The van der Waals surface area contributed by atoms with Crippen molar-refractivity contribution in [3.63, 3.8) is 0 Å². The van der Waals surface area contributed by atoms with Gasteiger partial charge in [0.1, 0.15) is 11.6 Å². The van der Waals surface area contributed by atoms with Gasteiger partial charge in [-0.25, -0.2) is 8.78 Å². The van der Waals surface area contributed by atoms with E-state index in [1.54, 1.807) is 42.5 Å². The molecule has 0 heterocycles. The molecule has 0 bridgehead atoms. The van der Waals surface area contributed by atoms with Crippen LogP contribution in [0.25, 0.3) is 11.1 Å². The monoisotopic (exact) mass is 351 g/mol. The van der Waals surface area contributed by atoms with Crippen LogP contribution in [0.5, 0.6) is 0 Å². The van der Waals surface area contributed by atoms with Gasteiger partial charge in [-0.1, -0.05) is 42.0 Å². The molecule has 0 aliphatic rings. The molecule has 0 amide bonds. The van der Waals surface area contributed by atoms with Gasteiger partial charge < -0.3 is 4.90 Å². The van der Waals surface area contributed by atoms with Gasteiger partial charge in [0, 0.05) is 30.9 Å². The first kappa shape index (κ1) is 17.8. The summed E-state index contributed by atoms with van der Waals surface area (Å²) >= 11 is 0. The number of ketones is 1. The lowest BCUT2D eigenvalue weighted by Crippen LogP contribution is -2.10. The molecule has 0 unspecified atom stereocenters. The topological polar surface area (TPSA) is 20.3 Å². The average molecular weight is 351 g/mol. The van der Waals surface area contributed by atoms with Crippen LogP contribution in [0.1, 0.15) is 21.5 Å². The molecule has 132 valence electrons. The summed E-state index contributed by atoms with van der Waals surface area (Å²) in [5.41, 5.74) is 2.38. The number of hydrogen-bond donors (Lipinski definition) is 0. The predicted molar refractivity (Wildman–Crippen MR) is 101 cm³/mol. The Bertz CT molecular complexity index is 962. The van der Waals surface area contributed by atoms with Crippen LogP contribution in [-0.2, 0) is 0 Å². The molecule has 0 fully saturated rings. The van der Waals surface area contributed by atoms with E-state index in [4.69, 9.17) is 0 Å². The molecule has 0 spiro atoms. The van der Waals surface area contributed by atoms with Gasteiger partial charge in [-0.05, 0) is 36.8 Å². The van der Waals surface area contributed by atoms with Crippen LogP contribution < -0.4 is 4.90 Å². The first-order valence-corrected chi connectivity index (χ1v) is 8.25. The maximum atomic E-state index is 15.1. The van der Waals surface area contributed by atoms with E-state index in [1.807, 2.05) is 32.0 Å². The van der Waals surface area contributed by atoms with E-state index >= 15 is 4.39 Å². The van der Waals surface area contributed by atoms with E-state index in [-0.39, 0.29) is 11.1 Å². The summed E-state index contributed by atoms with van der Waals surface area (Å²) in [6.07, 6.45) is 0. The highest BCUT2D eigenvalue weighted by Crippen LogP contribution is 2.30. The molecule has 26 heavy (non-hydrogen) atoms. The molecule has 3 aromatic carbocycles. The molecule has 4 heteroatoms. The lowest BCUT2D eigenvalue weighted by atomic mass is 9.96. The number of anilines is 1. The Hall–Kier alpha value is -3.01. The Kier molecular flexibility index (Phi) is 4.85. The molecule has 0 atom stereocenters. The number of carbonyl (C=O) groups excluding carboxylic acids is 1. The molecule has 2 nitrogen and oxygen atoms in total. The first-order valence-electron chi connectivity index (χ1n) is 8.25. The molecule has 0 saturated carbocycles. The Morgan fingerprint density at radius 2 is 1.62 bits per heavy atom. The highest BCUT2D eigenvalue weighted by atomic mass is 19.1. The van der Waals surface area contributed by atoms with Crippen molar-refractivity contribution in [3.05, 3.63) is 89.0 Å². The zero-order chi connectivity index (χ0) is 18.8. The number of carbonyl (C=O) groups is 1. The fraction of sp³-hybridized carbons (Fsp3) is 0.136. The number of halogens is 2. The van der Waals surface area contributed by atoms with Crippen molar-refractivity contribution in [1.82, 2.24) is 0 Å². The summed E-state index contributed by atoms with van der Waals surface area (Å²) in [7, 11) is 3.76. The van der Waals surface area contributed by atoms with Gasteiger partial charge in [0.15, 0.2) is 5.78 Å². The molecule has 0 N–H and O–H groups in total. The largest absolute Gasteiger partial charge is 0.378 e. The van der Waals surface area contributed by atoms with E-state index in [0.717, 1.165) is 17.3 Å². The quantitative estimate of drug-likeness (QED) is 0.599. The Labute approximate surface area is 151 Å². The molecular formula is C22H19F2NO. The maximum absolute atomic E-state index is 15.1. The van der Waals surface area contributed by atoms with Gasteiger partial charge in [0.05, 0.1) is 5.56 Å². The molecule has 0 radical (unpaired) electrons. The van der Waals surface area contributed by atoms with Crippen LogP contribution in [0.15, 0.2) is 60.7 Å². The molecule has 0 saturated heterocycles. The van der Waals surface area contributed by atoms with Crippen molar-refractivity contribution in [2.24, 2.45) is 0 Å². The Morgan fingerprint density at radius 1 is 0.923 bits per heavy atom. The number of rotatable bonds is 4. The highest BCUT2D eigenvalue weighted by molar-refractivity contribution is 6.10. The summed E-state index contributed by atoms with van der Waals surface area (Å²) in [5, 5.41) is 0. The molecular weight excluding hydrogens is 332 g/mol. The highest BCUT2D eigenvalue weighted by Gasteiger charge is 2.22. The fourth-order valence-electron chi connectivity index (χ4n) is 2.78. The molecule has 0 aliphatic carbocycles. The third kappa shape index (κ3) is 3.36. The average Bonchev–Trinajstić information content (AvgIpc) is 2.62. The van der Waals surface area contributed by atoms with Crippen LogP contribution in [0.3, 0.4) is 0 Å². The Morgan fingerprint density at radius 3 is 2.27 bits per heavy atom. The second kappa shape index (κ2) is 7.08. The predicted octanol–water partition coefficient (Wildman–Crippen LogP) is 5.24. The van der Waals surface area contributed by atoms with E-state index in [1.165, 1.54) is 6.07 Å². The van der Waals surface area contributed by atoms with Crippen LogP contribution in [0, 0.1) is 18.6 Å². The smallest absolute Gasteiger partial charge is 0.198 e. The number of nitrogens with zero attached hydrogens (tertiary/aromatic N) is 1. The second-order valence-corrected chi connectivity index (χ2v) is 6.42. The van der Waals surface area contributed by atoms with Crippen molar-refractivity contribution in [3.8, 4) is 11.1 Å². The third-order valence-corrected chi connectivity index (χ3v) is 4.31. The SMILES string of the molecule is Cc1ccc(C(=O)c2c(F)ccc(-c3cccc(N(C)C)c3)c2F)cc1. The molecule has 3 aromatic rings. The minimum Gasteiger partial charge on any atom is -0.378 e. The van der Waals surface area contributed by atoms with Crippen LogP contribution in [-0.4, -0.2) is 19.9 Å².